The largest absolute Gasteiger partial charge is 0.377 e. The lowest BCUT2D eigenvalue weighted by Gasteiger charge is -2.29. The maximum absolute atomic E-state index is 12.1. The summed E-state index contributed by atoms with van der Waals surface area (Å²) in [7, 11) is 2.03. The Morgan fingerprint density at radius 2 is 2.08 bits per heavy atom. The molecule has 3 rings (SSSR count). The lowest BCUT2D eigenvalue weighted by Crippen LogP contribution is -2.30. The number of ether oxygens (including phenoxy) is 1. The number of hydrogen-bond acceptors (Lipinski definition) is 4. The Labute approximate surface area is 143 Å². The highest BCUT2D eigenvalue weighted by molar-refractivity contribution is 5.77. The Morgan fingerprint density at radius 1 is 1.29 bits per heavy atom. The molecule has 0 unspecified atom stereocenters. The molecule has 0 aliphatic heterocycles. The fraction of sp³-hybridized carbons (Fsp3) is 0.579. The van der Waals surface area contributed by atoms with Crippen molar-refractivity contribution in [1.82, 2.24) is 14.9 Å². The molecule has 0 saturated heterocycles. The minimum absolute atomic E-state index is 0.0729. The summed E-state index contributed by atoms with van der Waals surface area (Å²) in [6, 6.07) is 7.44. The van der Waals surface area contributed by atoms with Gasteiger partial charge >= 0.3 is 0 Å². The third kappa shape index (κ3) is 4.22. The Morgan fingerprint density at radius 3 is 2.92 bits per heavy atom. The highest BCUT2D eigenvalue weighted by Gasteiger charge is 2.21. The first-order chi connectivity index (χ1) is 11.6. The van der Waals surface area contributed by atoms with Gasteiger partial charge in [-0.05, 0) is 37.9 Å². The van der Waals surface area contributed by atoms with Crippen LogP contribution in [0.3, 0.4) is 0 Å². The molecule has 1 N–H and O–H groups in total. The van der Waals surface area contributed by atoms with Crippen LogP contribution < -0.4 is 5.56 Å². The van der Waals surface area contributed by atoms with Gasteiger partial charge in [0.25, 0.3) is 5.56 Å². The molecule has 1 aromatic carbocycles. The van der Waals surface area contributed by atoms with Crippen LogP contribution in [-0.4, -0.2) is 41.2 Å². The summed E-state index contributed by atoms with van der Waals surface area (Å²) in [5.74, 6) is 1.37. The van der Waals surface area contributed by atoms with Crippen molar-refractivity contribution >= 4 is 10.9 Å². The van der Waals surface area contributed by atoms with Gasteiger partial charge in [-0.1, -0.05) is 31.9 Å². The number of benzene rings is 1. The van der Waals surface area contributed by atoms with Crippen molar-refractivity contribution < 1.29 is 4.74 Å². The number of aromatic nitrogens is 2. The van der Waals surface area contributed by atoms with Crippen molar-refractivity contribution in [2.45, 2.75) is 45.3 Å². The van der Waals surface area contributed by atoms with Gasteiger partial charge in [-0.15, -0.1) is 0 Å². The number of fused-ring (bicyclic) bond motifs is 1. The summed E-state index contributed by atoms with van der Waals surface area (Å²) in [6.45, 7) is 4.46. The smallest absolute Gasteiger partial charge is 0.258 e. The molecule has 1 aromatic heterocycles. The summed E-state index contributed by atoms with van der Waals surface area (Å²) in [4.78, 5) is 21.7. The van der Waals surface area contributed by atoms with Gasteiger partial charge in [0.05, 0.1) is 30.2 Å². The maximum Gasteiger partial charge on any atom is 0.258 e. The van der Waals surface area contributed by atoms with Gasteiger partial charge in [-0.25, -0.2) is 4.98 Å². The zero-order chi connectivity index (χ0) is 16.9. The summed E-state index contributed by atoms with van der Waals surface area (Å²) in [5.41, 5.74) is 0.674. The topological polar surface area (TPSA) is 58.2 Å². The average Bonchev–Trinajstić information content (AvgIpc) is 2.57. The minimum atomic E-state index is -0.0729. The number of hydrogen-bond donors (Lipinski definition) is 1. The predicted molar refractivity (Wildman–Crippen MR) is 96.1 cm³/mol. The summed E-state index contributed by atoms with van der Waals surface area (Å²) < 4.78 is 6.06. The number of likely N-dealkylation sites (N-methyl/N-ethyl adjacent to an activating group) is 1. The molecule has 1 fully saturated rings. The van der Waals surface area contributed by atoms with Crippen LogP contribution in [0.1, 0.15) is 38.4 Å². The second-order valence-electron chi connectivity index (χ2n) is 6.94. The highest BCUT2D eigenvalue weighted by Crippen LogP contribution is 2.26. The number of nitrogens with one attached hydrogen (secondary N) is 1. The van der Waals surface area contributed by atoms with Gasteiger partial charge in [0.1, 0.15) is 5.82 Å². The Bertz CT molecular complexity index is 728. The van der Waals surface area contributed by atoms with Crippen molar-refractivity contribution in [2.24, 2.45) is 5.92 Å². The number of para-hydroxylation sites is 1. The molecule has 5 nitrogen and oxygen atoms in total. The maximum atomic E-state index is 12.1. The first-order valence-electron chi connectivity index (χ1n) is 8.91. The third-order valence-electron chi connectivity index (χ3n) is 4.92. The third-order valence-corrected chi connectivity index (χ3v) is 4.92. The Hall–Kier alpha value is -1.72. The summed E-state index contributed by atoms with van der Waals surface area (Å²) in [5, 5.41) is 0.638. The molecule has 1 heterocycles. The van der Waals surface area contributed by atoms with Crippen molar-refractivity contribution in [3.63, 3.8) is 0 Å². The van der Waals surface area contributed by atoms with E-state index in [9.17, 15) is 4.79 Å². The van der Waals surface area contributed by atoms with E-state index in [0.29, 0.717) is 29.8 Å². The molecular weight excluding hydrogens is 302 g/mol. The molecule has 5 heteroatoms. The molecule has 24 heavy (non-hydrogen) atoms. The highest BCUT2D eigenvalue weighted by atomic mass is 16.5. The van der Waals surface area contributed by atoms with Crippen molar-refractivity contribution in [2.75, 3.05) is 20.2 Å². The van der Waals surface area contributed by atoms with Crippen molar-refractivity contribution in [1.29, 1.82) is 0 Å². The standard InChI is InChI=1S/C19H27N3O2/c1-14-7-3-6-10-17(14)24-12-11-22(2)13-18-20-16-9-5-4-8-15(16)19(23)21-18/h4-5,8-9,14,17H,3,6-7,10-13H2,1-2H3,(H,20,21,23)/t14-,17+/m1/s1. The lowest BCUT2D eigenvalue weighted by molar-refractivity contribution is -0.0124. The van der Waals surface area contributed by atoms with E-state index in [1.165, 1.54) is 25.7 Å². The molecule has 2 aromatic rings. The average molecular weight is 329 g/mol. The van der Waals surface area contributed by atoms with Gasteiger partial charge in [0.15, 0.2) is 0 Å². The van der Waals surface area contributed by atoms with Gasteiger partial charge in [0.2, 0.25) is 0 Å². The fourth-order valence-corrected chi connectivity index (χ4v) is 3.43. The minimum Gasteiger partial charge on any atom is -0.377 e. The predicted octanol–water partition coefficient (Wildman–Crippen LogP) is 2.95. The van der Waals surface area contributed by atoms with Crippen LogP contribution >= 0.6 is 0 Å². The molecular formula is C19H27N3O2. The van der Waals surface area contributed by atoms with E-state index in [-0.39, 0.29) is 5.56 Å². The zero-order valence-corrected chi connectivity index (χ0v) is 14.6. The number of H-pyrrole nitrogens is 1. The normalized spacial score (nSPS) is 21.5. The van der Waals surface area contributed by atoms with E-state index in [4.69, 9.17) is 4.74 Å². The molecule has 130 valence electrons. The second kappa shape index (κ2) is 7.90. The van der Waals surface area contributed by atoms with Crippen LogP contribution in [0.5, 0.6) is 0 Å². The summed E-state index contributed by atoms with van der Waals surface area (Å²) in [6.07, 6.45) is 5.49. The number of nitrogens with zero attached hydrogens (tertiary/aromatic N) is 2. The molecule has 1 aliphatic carbocycles. The van der Waals surface area contributed by atoms with E-state index in [2.05, 4.69) is 21.8 Å². The van der Waals surface area contributed by atoms with Crippen molar-refractivity contribution in [3.8, 4) is 0 Å². The molecule has 0 bridgehead atoms. The van der Waals surface area contributed by atoms with Crippen LogP contribution in [0.2, 0.25) is 0 Å². The second-order valence-corrected chi connectivity index (χ2v) is 6.94. The van der Waals surface area contributed by atoms with Gasteiger partial charge in [0, 0.05) is 6.54 Å². The fourth-order valence-electron chi connectivity index (χ4n) is 3.43. The van der Waals surface area contributed by atoms with Crippen LogP contribution in [0, 0.1) is 5.92 Å². The molecule has 1 aliphatic rings. The first-order valence-corrected chi connectivity index (χ1v) is 8.91. The van der Waals surface area contributed by atoms with Crippen LogP contribution in [-0.2, 0) is 11.3 Å². The summed E-state index contributed by atoms with van der Waals surface area (Å²) >= 11 is 0. The van der Waals surface area contributed by atoms with Crippen LogP contribution in [0.4, 0.5) is 0 Å². The zero-order valence-electron chi connectivity index (χ0n) is 14.6. The van der Waals surface area contributed by atoms with E-state index in [0.717, 1.165) is 18.7 Å². The van der Waals surface area contributed by atoms with E-state index in [1.54, 1.807) is 6.07 Å². The molecule has 2 atom stereocenters. The molecule has 0 radical (unpaired) electrons. The van der Waals surface area contributed by atoms with Gasteiger partial charge in [-0.2, -0.15) is 0 Å². The van der Waals surface area contributed by atoms with E-state index >= 15 is 0 Å². The quantitative estimate of drug-likeness (QED) is 0.885. The SMILES string of the molecule is C[C@@H]1CCCC[C@@H]1OCCN(C)Cc1nc2ccccc2c(=O)[nH]1. The Balaban J connectivity index is 1.53. The lowest BCUT2D eigenvalue weighted by atomic mass is 9.88. The monoisotopic (exact) mass is 329 g/mol. The van der Waals surface area contributed by atoms with Gasteiger partial charge in [-0.3, -0.25) is 9.69 Å². The number of rotatable bonds is 6. The molecule has 0 amide bonds. The first kappa shape index (κ1) is 17.1. The van der Waals surface area contributed by atoms with Gasteiger partial charge < -0.3 is 9.72 Å². The molecule has 1 saturated carbocycles. The van der Waals surface area contributed by atoms with E-state index in [1.807, 2.05) is 25.2 Å². The van der Waals surface area contributed by atoms with Crippen LogP contribution in [0.15, 0.2) is 29.1 Å². The number of aromatic amines is 1. The Kier molecular flexibility index (Phi) is 5.63. The van der Waals surface area contributed by atoms with E-state index < -0.39 is 0 Å². The van der Waals surface area contributed by atoms with Crippen LogP contribution in [0.25, 0.3) is 10.9 Å². The molecule has 0 spiro atoms. The van der Waals surface area contributed by atoms with Crippen molar-refractivity contribution in [3.05, 3.63) is 40.4 Å².